The van der Waals surface area contributed by atoms with Crippen LogP contribution in [0.15, 0.2) is 48.5 Å². The smallest absolute Gasteiger partial charge is 0.163 e. The molecule has 0 aliphatic carbocycles. The summed E-state index contributed by atoms with van der Waals surface area (Å²) in [5.74, 6) is 0. The number of hydrogen-bond donors (Lipinski definition) is 1. The Balaban J connectivity index is 2.01. The summed E-state index contributed by atoms with van der Waals surface area (Å²) in [5, 5.41) is 19.8. The molecule has 0 saturated heterocycles. The van der Waals surface area contributed by atoms with Crippen LogP contribution in [0.2, 0.25) is 5.02 Å². The molecule has 0 bridgehead atoms. The summed E-state index contributed by atoms with van der Waals surface area (Å²) in [5.41, 5.74) is 3.74. The number of aromatic amines is 1. The Morgan fingerprint density at radius 3 is 2.40 bits per heavy atom. The summed E-state index contributed by atoms with van der Waals surface area (Å²) in [4.78, 5) is 0. The molecule has 0 aliphatic rings. The largest absolute Gasteiger partial charge is 0.247 e. The fourth-order valence-electron chi connectivity index (χ4n) is 2.01. The highest BCUT2D eigenvalue weighted by molar-refractivity contribution is 6.33. The van der Waals surface area contributed by atoms with E-state index in [1.165, 1.54) is 0 Å². The standard InChI is InChI=1S/C15H9ClN4/c16-13-4-2-1-3-12(13)10-5-7-11(8-6-10)15-14(9-17)18-20-19-15/h1-8H,(H,18,19,20). The SMILES string of the molecule is N#Cc1[nH]nnc1-c1ccc(-c2ccccc2Cl)cc1. The monoisotopic (exact) mass is 280 g/mol. The molecule has 5 heteroatoms. The Morgan fingerprint density at radius 1 is 1.00 bits per heavy atom. The quantitative estimate of drug-likeness (QED) is 0.779. The van der Waals surface area contributed by atoms with Crippen molar-refractivity contribution < 1.29 is 0 Å². The molecule has 96 valence electrons. The fourth-order valence-corrected chi connectivity index (χ4v) is 2.26. The second-order valence-corrected chi connectivity index (χ2v) is 4.61. The molecule has 0 spiro atoms. The average Bonchev–Trinajstić information content (AvgIpc) is 2.96. The summed E-state index contributed by atoms with van der Waals surface area (Å²) >= 11 is 6.18. The van der Waals surface area contributed by atoms with Gasteiger partial charge >= 0.3 is 0 Å². The first kappa shape index (κ1) is 12.4. The lowest BCUT2D eigenvalue weighted by Gasteiger charge is -2.05. The minimum Gasteiger partial charge on any atom is -0.247 e. The van der Waals surface area contributed by atoms with Crippen LogP contribution in [-0.4, -0.2) is 15.4 Å². The number of halogens is 1. The second-order valence-electron chi connectivity index (χ2n) is 4.20. The molecule has 0 atom stereocenters. The van der Waals surface area contributed by atoms with E-state index in [1.807, 2.05) is 54.6 Å². The van der Waals surface area contributed by atoms with Gasteiger partial charge in [-0.15, -0.1) is 5.10 Å². The van der Waals surface area contributed by atoms with Gasteiger partial charge in [-0.2, -0.15) is 5.26 Å². The maximum Gasteiger partial charge on any atom is 0.163 e. The van der Waals surface area contributed by atoms with Crippen LogP contribution < -0.4 is 0 Å². The molecule has 20 heavy (non-hydrogen) atoms. The van der Waals surface area contributed by atoms with Crippen LogP contribution in [0.1, 0.15) is 5.69 Å². The van der Waals surface area contributed by atoms with Crippen LogP contribution in [0.25, 0.3) is 22.4 Å². The molecule has 0 aliphatic heterocycles. The van der Waals surface area contributed by atoms with Crippen LogP contribution in [0, 0.1) is 11.3 Å². The molecule has 0 fully saturated rings. The van der Waals surface area contributed by atoms with Crippen molar-refractivity contribution in [1.82, 2.24) is 15.4 Å². The van der Waals surface area contributed by atoms with Crippen LogP contribution in [-0.2, 0) is 0 Å². The zero-order chi connectivity index (χ0) is 13.9. The number of H-pyrrole nitrogens is 1. The van der Waals surface area contributed by atoms with E-state index >= 15 is 0 Å². The Morgan fingerprint density at radius 2 is 1.70 bits per heavy atom. The molecule has 0 saturated carbocycles. The van der Waals surface area contributed by atoms with Crippen molar-refractivity contribution in [3.05, 3.63) is 59.2 Å². The lowest BCUT2D eigenvalue weighted by molar-refractivity contribution is 0.937. The van der Waals surface area contributed by atoms with E-state index in [2.05, 4.69) is 15.4 Å². The van der Waals surface area contributed by atoms with Crippen LogP contribution in [0.3, 0.4) is 0 Å². The van der Waals surface area contributed by atoms with Gasteiger partial charge in [-0.1, -0.05) is 59.3 Å². The van der Waals surface area contributed by atoms with E-state index in [-0.39, 0.29) is 0 Å². The normalized spacial score (nSPS) is 10.2. The first-order valence-electron chi connectivity index (χ1n) is 5.96. The summed E-state index contributed by atoms with van der Waals surface area (Å²) < 4.78 is 0. The Labute approximate surface area is 120 Å². The third-order valence-corrected chi connectivity index (χ3v) is 3.33. The van der Waals surface area contributed by atoms with Gasteiger partial charge in [0.25, 0.3) is 0 Å². The molecule has 1 heterocycles. The highest BCUT2D eigenvalue weighted by atomic mass is 35.5. The molecular weight excluding hydrogens is 272 g/mol. The van der Waals surface area contributed by atoms with E-state index < -0.39 is 0 Å². The van der Waals surface area contributed by atoms with Gasteiger partial charge < -0.3 is 0 Å². The van der Waals surface area contributed by atoms with Gasteiger partial charge in [-0.3, -0.25) is 0 Å². The second kappa shape index (κ2) is 5.16. The number of hydrogen-bond acceptors (Lipinski definition) is 3. The van der Waals surface area contributed by atoms with Gasteiger partial charge in [0.05, 0.1) is 0 Å². The lowest BCUT2D eigenvalue weighted by Crippen LogP contribution is -1.84. The number of nitriles is 1. The van der Waals surface area contributed by atoms with Gasteiger partial charge in [0.1, 0.15) is 11.8 Å². The Bertz CT molecular complexity index is 763. The summed E-state index contributed by atoms with van der Waals surface area (Å²) in [7, 11) is 0. The van der Waals surface area contributed by atoms with Gasteiger partial charge in [-0.25, -0.2) is 5.10 Å². The third-order valence-electron chi connectivity index (χ3n) is 3.00. The fraction of sp³-hybridized carbons (Fsp3) is 0. The predicted octanol–water partition coefficient (Wildman–Crippen LogP) is 3.66. The molecule has 4 nitrogen and oxygen atoms in total. The van der Waals surface area contributed by atoms with Crippen molar-refractivity contribution in [3.8, 4) is 28.5 Å². The van der Waals surface area contributed by atoms with Crippen molar-refractivity contribution in [2.24, 2.45) is 0 Å². The van der Waals surface area contributed by atoms with Crippen molar-refractivity contribution in [1.29, 1.82) is 5.26 Å². The van der Waals surface area contributed by atoms with Crippen LogP contribution in [0.4, 0.5) is 0 Å². The van der Waals surface area contributed by atoms with Crippen molar-refractivity contribution in [3.63, 3.8) is 0 Å². The van der Waals surface area contributed by atoms with E-state index in [1.54, 1.807) is 0 Å². The van der Waals surface area contributed by atoms with E-state index in [9.17, 15) is 0 Å². The molecule has 1 N–H and O–H groups in total. The minimum absolute atomic E-state index is 0.357. The predicted molar refractivity (Wildman–Crippen MR) is 77.0 cm³/mol. The maximum atomic E-state index is 8.96. The number of benzene rings is 2. The van der Waals surface area contributed by atoms with Gasteiger partial charge in [0.15, 0.2) is 5.69 Å². The zero-order valence-electron chi connectivity index (χ0n) is 10.3. The van der Waals surface area contributed by atoms with Crippen LogP contribution >= 0.6 is 11.6 Å². The average molecular weight is 281 g/mol. The molecule has 3 rings (SSSR count). The highest BCUT2D eigenvalue weighted by Gasteiger charge is 2.09. The summed E-state index contributed by atoms with van der Waals surface area (Å²) in [6, 6.07) is 17.4. The van der Waals surface area contributed by atoms with Crippen molar-refractivity contribution in [2.75, 3.05) is 0 Å². The number of nitrogens with one attached hydrogen (secondary N) is 1. The first-order valence-corrected chi connectivity index (χ1v) is 6.34. The van der Waals surface area contributed by atoms with Crippen molar-refractivity contribution in [2.45, 2.75) is 0 Å². The third kappa shape index (κ3) is 2.15. The van der Waals surface area contributed by atoms with E-state index in [0.29, 0.717) is 16.4 Å². The summed E-state index contributed by atoms with van der Waals surface area (Å²) in [6.07, 6.45) is 0. The van der Waals surface area contributed by atoms with Crippen LogP contribution in [0.5, 0.6) is 0 Å². The minimum atomic E-state index is 0.357. The number of aromatic nitrogens is 3. The Hall–Kier alpha value is -2.64. The number of nitrogens with zero attached hydrogens (tertiary/aromatic N) is 3. The first-order chi connectivity index (χ1) is 9.79. The molecule has 2 aromatic carbocycles. The highest BCUT2D eigenvalue weighted by Crippen LogP contribution is 2.29. The topological polar surface area (TPSA) is 65.4 Å². The molecule has 0 unspecified atom stereocenters. The van der Waals surface area contributed by atoms with Gasteiger partial charge in [0, 0.05) is 16.1 Å². The summed E-state index contributed by atoms with van der Waals surface area (Å²) in [6.45, 7) is 0. The van der Waals surface area contributed by atoms with E-state index in [0.717, 1.165) is 16.7 Å². The molecule has 3 aromatic rings. The van der Waals surface area contributed by atoms with Gasteiger partial charge in [-0.05, 0) is 11.6 Å². The molecule has 1 aromatic heterocycles. The van der Waals surface area contributed by atoms with Gasteiger partial charge in [0.2, 0.25) is 0 Å². The van der Waals surface area contributed by atoms with Crippen molar-refractivity contribution >= 4 is 11.6 Å². The van der Waals surface area contributed by atoms with E-state index in [4.69, 9.17) is 16.9 Å². The Kier molecular flexibility index (Phi) is 3.20. The molecule has 0 amide bonds. The maximum absolute atomic E-state index is 8.96. The molecular formula is C15H9ClN4. The number of rotatable bonds is 2. The molecule has 0 radical (unpaired) electrons. The zero-order valence-corrected chi connectivity index (χ0v) is 11.1. The lowest BCUT2D eigenvalue weighted by atomic mass is 10.0.